The Morgan fingerprint density at radius 1 is 0.905 bits per heavy atom. The molecule has 0 saturated carbocycles. The van der Waals surface area contributed by atoms with Crippen molar-refractivity contribution in [2.45, 2.75) is 43.7 Å². The van der Waals surface area contributed by atoms with Crippen LogP contribution in [0.4, 0.5) is 39.5 Å². The van der Waals surface area contributed by atoms with Crippen molar-refractivity contribution in [3.63, 3.8) is 0 Å². The summed E-state index contributed by atoms with van der Waals surface area (Å²) in [6.45, 7) is 1.52. The summed E-state index contributed by atoms with van der Waals surface area (Å²) in [5.41, 5.74) is -1.50. The van der Waals surface area contributed by atoms with Crippen LogP contribution in [-0.4, -0.2) is 18.0 Å². The van der Waals surface area contributed by atoms with Gasteiger partial charge in [0.15, 0.2) is 0 Å². The molecule has 21 heavy (non-hydrogen) atoms. The third-order valence-corrected chi connectivity index (χ3v) is 3.69. The van der Waals surface area contributed by atoms with Crippen molar-refractivity contribution < 1.29 is 39.5 Å². The van der Waals surface area contributed by atoms with E-state index in [0.29, 0.717) is 17.4 Å². The highest BCUT2D eigenvalue weighted by Crippen LogP contribution is 2.57. The fourth-order valence-corrected chi connectivity index (χ4v) is 2.60. The van der Waals surface area contributed by atoms with Crippen LogP contribution in [0.5, 0.6) is 0 Å². The number of halogens is 9. The maximum atomic E-state index is 13.7. The van der Waals surface area contributed by atoms with E-state index in [2.05, 4.69) is 0 Å². The van der Waals surface area contributed by atoms with Gasteiger partial charge >= 0.3 is 23.9 Å². The van der Waals surface area contributed by atoms with Crippen LogP contribution in [0.3, 0.4) is 0 Å². The van der Waals surface area contributed by atoms with Gasteiger partial charge in [0.05, 0.1) is 0 Å². The topological polar surface area (TPSA) is 0 Å². The smallest absolute Gasteiger partial charge is 0.194 e. The van der Waals surface area contributed by atoms with E-state index < -0.39 is 29.5 Å². The van der Waals surface area contributed by atoms with Crippen LogP contribution in [0.25, 0.3) is 0 Å². The standard InChI is InChI=1S/C11H9F9S/c1-2-3-7-6(4-5-21-7)8(12,13)9(14,15)10(16,17)11(18,19)20/h4-5H,2-3H2,1H3. The van der Waals surface area contributed by atoms with Crippen LogP contribution in [0.2, 0.25) is 0 Å². The van der Waals surface area contributed by atoms with Crippen LogP contribution >= 0.6 is 11.3 Å². The lowest BCUT2D eigenvalue weighted by Crippen LogP contribution is -2.59. The fourth-order valence-electron chi connectivity index (χ4n) is 1.59. The second kappa shape index (κ2) is 5.36. The SMILES string of the molecule is CCCc1sccc1C(F)(F)C(F)(F)C(F)(F)C(F)(F)F. The van der Waals surface area contributed by atoms with E-state index in [-0.39, 0.29) is 17.7 Å². The predicted octanol–water partition coefficient (Wildman–Crippen LogP) is 5.63. The molecule has 10 heteroatoms. The Kier molecular flexibility index (Phi) is 4.63. The maximum Gasteiger partial charge on any atom is 0.460 e. The average molecular weight is 344 g/mol. The third kappa shape index (κ3) is 2.74. The minimum atomic E-state index is -6.85. The van der Waals surface area contributed by atoms with Gasteiger partial charge < -0.3 is 0 Å². The molecule has 0 fully saturated rings. The van der Waals surface area contributed by atoms with E-state index in [1.807, 2.05) is 0 Å². The highest BCUT2D eigenvalue weighted by Gasteiger charge is 2.82. The second-order valence-corrected chi connectivity index (χ2v) is 5.23. The fraction of sp³-hybridized carbons (Fsp3) is 0.636. The summed E-state index contributed by atoms with van der Waals surface area (Å²) in [6.07, 6.45) is -6.68. The van der Waals surface area contributed by atoms with Crippen LogP contribution in [0, 0.1) is 0 Å². The van der Waals surface area contributed by atoms with Crippen LogP contribution in [0.1, 0.15) is 23.8 Å². The Labute approximate surface area is 117 Å². The Bertz CT molecular complexity index is 486. The normalized spacial score (nSPS) is 14.6. The van der Waals surface area contributed by atoms with Crippen molar-refractivity contribution in [1.82, 2.24) is 0 Å². The van der Waals surface area contributed by atoms with E-state index in [0.717, 1.165) is 5.38 Å². The number of aryl methyl sites for hydroxylation is 1. The number of alkyl halides is 9. The molecule has 122 valence electrons. The molecule has 1 aromatic rings. The number of hydrogen-bond donors (Lipinski definition) is 0. The van der Waals surface area contributed by atoms with E-state index in [9.17, 15) is 39.5 Å². The summed E-state index contributed by atoms with van der Waals surface area (Å²) in [6, 6.07) is 0.441. The molecule has 0 aliphatic heterocycles. The zero-order valence-corrected chi connectivity index (χ0v) is 11.2. The molecule has 0 nitrogen and oxygen atoms in total. The van der Waals surface area contributed by atoms with Gasteiger partial charge in [-0.2, -0.15) is 39.5 Å². The van der Waals surface area contributed by atoms with E-state index in [4.69, 9.17) is 0 Å². The number of hydrogen-bond acceptors (Lipinski definition) is 1. The molecule has 0 N–H and O–H groups in total. The van der Waals surface area contributed by atoms with Gasteiger partial charge in [-0.1, -0.05) is 13.3 Å². The molecule has 0 amide bonds. The van der Waals surface area contributed by atoms with Gasteiger partial charge in [-0.15, -0.1) is 11.3 Å². The summed E-state index contributed by atoms with van der Waals surface area (Å²) in [5.74, 6) is -19.1. The number of rotatable bonds is 5. The summed E-state index contributed by atoms with van der Waals surface area (Å²) < 4.78 is 115. The molecule has 1 aromatic heterocycles. The largest absolute Gasteiger partial charge is 0.460 e. The first-order valence-electron chi connectivity index (χ1n) is 5.57. The van der Waals surface area contributed by atoms with E-state index in [1.54, 1.807) is 0 Å². The second-order valence-electron chi connectivity index (χ2n) is 4.23. The third-order valence-electron chi connectivity index (χ3n) is 2.71. The molecule has 0 spiro atoms. The first-order valence-corrected chi connectivity index (χ1v) is 6.45. The quantitative estimate of drug-likeness (QED) is 0.608. The molecule has 1 rings (SSSR count). The Balaban J connectivity index is 3.37. The van der Waals surface area contributed by atoms with Crippen molar-refractivity contribution in [3.05, 3.63) is 21.9 Å². The van der Waals surface area contributed by atoms with Gasteiger partial charge in [0.2, 0.25) is 0 Å². The lowest BCUT2D eigenvalue weighted by Gasteiger charge is -2.33. The molecule has 0 bridgehead atoms. The van der Waals surface area contributed by atoms with Crippen molar-refractivity contribution in [2.24, 2.45) is 0 Å². The summed E-state index contributed by atoms with van der Waals surface area (Å²) in [7, 11) is 0. The van der Waals surface area contributed by atoms with Crippen molar-refractivity contribution in [2.75, 3.05) is 0 Å². The molecular weight excluding hydrogens is 335 g/mol. The van der Waals surface area contributed by atoms with Gasteiger partial charge in [-0.05, 0) is 17.9 Å². The van der Waals surface area contributed by atoms with Gasteiger partial charge in [0.25, 0.3) is 0 Å². The summed E-state index contributed by atoms with van der Waals surface area (Å²) in [4.78, 5) is -0.347. The summed E-state index contributed by atoms with van der Waals surface area (Å²) in [5, 5.41) is 0.941. The monoisotopic (exact) mass is 344 g/mol. The Hall–Kier alpha value is -0.930. The molecule has 0 aliphatic carbocycles. The van der Waals surface area contributed by atoms with E-state index >= 15 is 0 Å². The lowest BCUT2D eigenvalue weighted by atomic mass is 9.96. The van der Waals surface area contributed by atoms with Crippen molar-refractivity contribution in [1.29, 1.82) is 0 Å². The number of thiophene rings is 1. The van der Waals surface area contributed by atoms with Crippen LogP contribution in [-0.2, 0) is 12.3 Å². The first kappa shape index (κ1) is 18.1. The summed E-state index contributed by atoms with van der Waals surface area (Å²) >= 11 is 0.596. The lowest BCUT2D eigenvalue weighted by molar-refractivity contribution is -0.399. The Morgan fingerprint density at radius 2 is 1.43 bits per heavy atom. The minimum absolute atomic E-state index is 0.129. The van der Waals surface area contributed by atoms with Crippen LogP contribution in [0.15, 0.2) is 11.4 Å². The van der Waals surface area contributed by atoms with Crippen molar-refractivity contribution in [3.8, 4) is 0 Å². The van der Waals surface area contributed by atoms with Gasteiger partial charge in [-0.3, -0.25) is 0 Å². The predicted molar refractivity (Wildman–Crippen MR) is 58.2 cm³/mol. The molecule has 0 saturated heterocycles. The zero-order chi connectivity index (χ0) is 16.7. The molecule has 0 radical (unpaired) electrons. The maximum absolute atomic E-state index is 13.7. The molecule has 1 heterocycles. The Morgan fingerprint density at radius 3 is 1.86 bits per heavy atom. The zero-order valence-electron chi connectivity index (χ0n) is 10.4. The molecule has 0 aromatic carbocycles. The first-order chi connectivity index (χ1) is 9.30. The van der Waals surface area contributed by atoms with Crippen LogP contribution < -0.4 is 0 Å². The van der Waals surface area contributed by atoms with Crippen molar-refractivity contribution >= 4 is 11.3 Å². The minimum Gasteiger partial charge on any atom is -0.194 e. The highest BCUT2D eigenvalue weighted by molar-refractivity contribution is 7.10. The molecular formula is C11H9F9S. The molecule has 0 atom stereocenters. The molecule has 0 unspecified atom stereocenters. The highest BCUT2D eigenvalue weighted by atomic mass is 32.1. The van der Waals surface area contributed by atoms with Gasteiger partial charge in [0, 0.05) is 10.4 Å². The average Bonchev–Trinajstić information content (AvgIpc) is 2.76. The molecule has 0 aliphatic rings. The van der Waals surface area contributed by atoms with Gasteiger partial charge in [-0.25, -0.2) is 0 Å². The van der Waals surface area contributed by atoms with Gasteiger partial charge in [0.1, 0.15) is 0 Å². The van der Waals surface area contributed by atoms with E-state index in [1.165, 1.54) is 6.92 Å².